The molecular weight excluding hydrogens is 451 g/mol. The van der Waals surface area contributed by atoms with Crippen LogP contribution in [0.25, 0.3) is 21.8 Å². The first-order valence-corrected chi connectivity index (χ1v) is 12.0. The van der Waals surface area contributed by atoms with E-state index in [2.05, 4.69) is 4.98 Å². The van der Waals surface area contributed by atoms with Gasteiger partial charge in [-0.05, 0) is 29.8 Å². The van der Waals surface area contributed by atoms with Crippen LogP contribution in [0.15, 0.2) is 65.7 Å². The maximum Gasteiger partial charge on any atom is 0.363 e. The zero-order valence-electron chi connectivity index (χ0n) is 17.2. The molecule has 1 aliphatic rings. The van der Waals surface area contributed by atoms with E-state index in [1.54, 1.807) is 37.6 Å². The molecular formula is C23H20ClN2O5P. The summed E-state index contributed by atoms with van der Waals surface area (Å²) >= 11 is 6.11. The Kier molecular flexibility index (Phi) is 5.61. The number of fused-ring (bicyclic) bond motifs is 3. The van der Waals surface area contributed by atoms with Crippen molar-refractivity contribution in [3.63, 3.8) is 0 Å². The Morgan fingerprint density at radius 1 is 1.25 bits per heavy atom. The Balaban J connectivity index is 1.58. The van der Waals surface area contributed by atoms with Crippen LogP contribution in [-0.2, 0) is 25.1 Å². The summed E-state index contributed by atoms with van der Waals surface area (Å²) in [7, 11) is -2.02. The van der Waals surface area contributed by atoms with Crippen molar-refractivity contribution in [2.45, 2.75) is 19.3 Å². The molecule has 9 heteroatoms. The number of ether oxygens (including phenoxy) is 1. The van der Waals surface area contributed by atoms with Crippen LogP contribution in [0.5, 0.6) is 0 Å². The van der Waals surface area contributed by atoms with Gasteiger partial charge in [-0.25, -0.2) is 0 Å². The Hall–Kier alpha value is -2.54. The Labute approximate surface area is 189 Å². The quantitative estimate of drug-likeness (QED) is 0.315. The molecule has 2 aromatic heterocycles. The van der Waals surface area contributed by atoms with Gasteiger partial charge in [-0.1, -0.05) is 29.8 Å². The van der Waals surface area contributed by atoms with Crippen molar-refractivity contribution >= 4 is 46.3 Å². The third-order valence-corrected chi connectivity index (χ3v) is 7.65. The second-order valence-electron chi connectivity index (χ2n) is 7.56. The highest BCUT2D eigenvalue weighted by molar-refractivity contribution is 7.62. The van der Waals surface area contributed by atoms with Gasteiger partial charge >= 0.3 is 7.60 Å². The molecule has 3 heterocycles. The summed E-state index contributed by atoms with van der Waals surface area (Å²) in [6, 6.07) is 14.1. The fourth-order valence-corrected chi connectivity index (χ4v) is 5.92. The third kappa shape index (κ3) is 3.76. The zero-order valence-corrected chi connectivity index (χ0v) is 18.9. The molecule has 2 unspecified atom stereocenters. The van der Waals surface area contributed by atoms with Gasteiger partial charge in [-0.2, -0.15) is 0 Å². The fraction of sp³-hybridized carbons (Fsp3) is 0.217. The van der Waals surface area contributed by atoms with E-state index in [9.17, 15) is 9.36 Å². The first-order chi connectivity index (χ1) is 15.5. The first kappa shape index (κ1) is 21.3. The predicted octanol–water partition coefficient (Wildman–Crippen LogP) is 4.80. The molecule has 4 aromatic rings. The van der Waals surface area contributed by atoms with Gasteiger partial charge in [0.15, 0.2) is 5.43 Å². The van der Waals surface area contributed by atoms with Crippen molar-refractivity contribution < 1.29 is 18.3 Å². The minimum absolute atomic E-state index is 0.101. The van der Waals surface area contributed by atoms with Gasteiger partial charge in [0.2, 0.25) is 0 Å². The number of hydrogen-bond acceptors (Lipinski definition) is 6. The molecule has 1 fully saturated rings. The van der Waals surface area contributed by atoms with Gasteiger partial charge in [0.05, 0.1) is 29.0 Å². The lowest BCUT2D eigenvalue weighted by Crippen LogP contribution is -2.20. The molecule has 1 saturated heterocycles. The Morgan fingerprint density at radius 2 is 2.12 bits per heavy atom. The third-order valence-electron chi connectivity index (χ3n) is 5.48. The molecule has 0 saturated carbocycles. The van der Waals surface area contributed by atoms with E-state index in [1.807, 2.05) is 22.8 Å². The maximum atomic E-state index is 13.6. The van der Waals surface area contributed by atoms with Gasteiger partial charge in [-0.15, -0.1) is 0 Å². The van der Waals surface area contributed by atoms with Gasteiger partial charge < -0.3 is 13.8 Å². The van der Waals surface area contributed by atoms with Crippen LogP contribution in [-0.4, -0.2) is 23.3 Å². The molecule has 0 aliphatic carbocycles. The van der Waals surface area contributed by atoms with Crippen molar-refractivity contribution in [2.24, 2.45) is 0 Å². The summed E-state index contributed by atoms with van der Waals surface area (Å²) in [4.78, 5) is 16.9. The topological polar surface area (TPSA) is 79.7 Å². The Bertz CT molecular complexity index is 1440. The van der Waals surface area contributed by atoms with Crippen molar-refractivity contribution in [1.82, 2.24) is 9.55 Å². The minimum Gasteiger partial charge on any atom is -0.364 e. The molecule has 2 atom stereocenters. The molecule has 2 aromatic carbocycles. The number of halogens is 1. The van der Waals surface area contributed by atoms with E-state index in [4.69, 9.17) is 25.4 Å². The predicted molar refractivity (Wildman–Crippen MR) is 124 cm³/mol. The highest BCUT2D eigenvalue weighted by Crippen LogP contribution is 2.55. The second kappa shape index (κ2) is 8.43. The summed E-state index contributed by atoms with van der Waals surface area (Å²) in [6.45, 7) is 0.558. The van der Waals surface area contributed by atoms with E-state index in [0.717, 1.165) is 10.9 Å². The number of aromatic nitrogens is 2. The molecule has 0 radical (unpaired) electrons. The molecule has 5 rings (SSSR count). The van der Waals surface area contributed by atoms with E-state index in [1.165, 1.54) is 12.3 Å². The summed E-state index contributed by atoms with van der Waals surface area (Å²) < 4.78 is 32.3. The summed E-state index contributed by atoms with van der Waals surface area (Å²) in [5.74, 6) is 0. The number of pyridine rings is 2. The van der Waals surface area contributed by atoms with Gasteiger partial charge in [0.25, 0.3) is 0 Å². The summed E-state index contributed by atoms with van der Waals surface area (Å²) in [5, 5.41) is 2.22. The fourth-order valence-electron chi connectivity index (χ4n) is 3.98. The molecule has 164 valence electrons. The monoisotopic (exact) mass is 470 g/mol. The van der Waals surface area contributed by atoms with Crippen LogP contribution in [0.3, 0.4) is 0 Å². The van der Waals surface area contributed by atoms with Crippen molar-refractivity contribution in [3.8, 4) is 0 Å². The Morgan fingerprint density at radius 3 is 2.94 bits per heavy atom. The van der Waals surface area contributed by atoms with Crippen molar-refractivity contribution in [3.05, 3.63) is 81.7 Å². The highest BCUT2D eigenvalue weighted by atomic mass is 35.5. The van der Waals surface area contributed by atoms with Crippen LogP contribution in [0.1, 0.15) is 18.1 Å². The van der Waals surface area contributed by atoms with E-state index >= 15 is 0 Å². The van der Waals surface area contributed by atoms with Crippen LogP contribution in [0.4, 0.5) is 0 Å². The second-order valence-corrected chi connectivity index (χ2v) is 9.98. The molecule has 0 amide bonds. The van der Waals surface area contributed by atoms with Crippen LogP contribution in [0, 0.1) is 0 Å². The molecule has 32 heavy (non-hydrogen) atoms. The minimum atomic E-state index is -3.60. The zero-order chi connectivity index (χ0) is 22.3. The van der Waals surface area contributed by atoms with E-state index in [-0.39, 0.29) is 18.8 Å². The SMILES string of the molecule is COCn1ccc(=O)c2ccc3cc(P4(=O)OCCC(c5cccc(Cl)c5)O4)cnc3c21. The van der Waals surface area contributed by atoms with Gasteiger partial charge in [-0.3, -0.25) is 18.9 Å². The van der Waals surface area contributed by atoms with E-state index in [0.29, 0.717) is 33.2 Å². The number of rotatable bonds is 4. The average Bonchev–Trinajstić information content (AvgIpc) is 2.80. The van der Waals surface area contributed by atoms with Crippen LogP contribution >= 0.6 is 19.2 Å². The number of benzene rings is 2. The summed E-state index contributed by atoms with van der Waals surface area (Å²) in [6.07, 6.45) is 3.35. The standard InChI is InChI=1S/C23H20ClN2O5P/c1-29-14-26-9-7-20(27)19-6-5-16-12-18(13-25-22(16)23(19)26)32(28)30-10-8-21(31-32)15-3-2-4-17(24)11-15/h2-7,9,11-13,21H,8,10,14H2,1H3. The van der Waals surface area contributed by atoms with E-state index < -0.39 is 13.7 Å². The lowest BCUT2D eigenvalue weighted by molar-refractivity contribution is 0.0875. The number of nitrogens with zero attached hydrogens (tertiary/aromatic N) is 2. The number of methoxy groups -OCH3 is 1. The largest absolute Gasteiger partial charge is 0.364 e. The summed E-state index contributed by atoms with van der Waals surface area (Å²) in [5.41, 5.74) is 2.01. The molecule has 0 N–H and O–H groups in total. The van der Waals surface area contributed by atoms with Gasteiger partial charge in [0, 0.05) is 47.8 Å². The van der Waals surface area contributed by atoms with Gasteiger partial charge in [0.1, 0.15) is 6.73 Å². The number of hydrogen-bond donors (Lipinski definition) is 0. The smallest absolute Gasteiger partial charge is 0.363 e. The normalized spacial score (nSPS) is 21.2. The lowest BCUT2D eigenvalue weighted by Gasteiger charge is -2.30. The van der Waals surface area contributed by atoms with Crippen LogP contribution in [0.2, 0.25) is 5.02 Å². The molecule has 7 nitrogen and oxygen atoms in total. The average molecular weight is 471 g/mol. The maximum absolute atomic E-state index is 13.6. The van der Waals surface area contributed by atoms with Crippen molar-refractivity contribution in [1.29, 1.82) is 0 Å². The van der Waals surface area contributed by atoms with Crippen molar-refractivity contribution in [2.75, 3.05) is 13.7 Å². The van der Waals surface area contributed by atoms with Crippen LogP contribution < -0.4 is 10.7 Å². The molecule has 1 aliphatic heterocycles. The first-order valence-electron chi connectivity index (χ1n) is 10.1. The lowest BCUT2D eigenvalue weighted by atomic mass is 10.1. The highest BCUT2D eigenvalue weighted by Gasteiger charge is 2.37. The molecule has 0 bridgehead atoms. The molecule has 0 spiro atoms.